The molecule has 0 spiro atoms. The molecule has 1 aromatic heterocycles. The van der Waals surface area contributed by atoms with E-state index in [9.17, 15) is 12.8 Å². The van der Waals surface area contributed by atoms with Crippen LogP contribution in [0, 0.1) is 5.82 Å². The van der Waals surface area contributed by atoms with Gasteiger partial charge in [0.1, 0.15) is 10.7 Å². The van der Waals surface area contributed by atoms with Gasteiger partial charge >= 0.3 is 0 Å². The molecule has 2 rings (SSSR count). The van der Waals surface area contributed by atoms with E-state index in [1.807, 2.05) is 0 Å². The van der Waals surface area contributed by atoms with Crippen molar-refractivity contribution in [1.29, 1.82) is 0 Å². The van der Waals surface area contributed by atoms with Gasteiger partial charge < -0.3 is 5.73 Å². The van der Waals surface area contributed by atoms with Crippen LogP contribution in [0.25, 0.3) is 0 Å². The molecular formula is C14H16FN3O2S. The molecule has 21 heavy (non-hydrogen) atoms. The molecule has 112 valence electrons. The highest BCUT2D eigenvalue weighted by Crippen LogP contribution is 2.20. The van der Waals surface area contributed by atoms with Gasteiger partial charge in [-0.05, 0) is 42.3 Å². The average Bonchev–Trinajstić information content (AvgIpc) is 2.48. The van der Waals surface area contributed by atoms with E-state index in [1.165, 1.54) is 12.1 Å². The zero-order chi connectivity index (χ0) is 15.5. The molecule has 0 aliphatic carbocycles. The van der Waals surface area contributed by atoms with E-state index in [2.05, 4.69) is 9.71 Å². The Balaban J connectivity index is 2.30. The molecule has 2 aromatic rings. The molecule has 0 radical (unpaired) electrons. The fourth-order valence-electron chi connectivity index (χ4n) is 1.90. The van der Waals surface area contributed by atoms with Gasteiger partial charge in [0.25, 0.3) is 0 Å². The van der Waals surface area contributed by atoms with Crippen LogP contribution in [0.15, 0.2) is 47.6 Å². The zero-order valence-electron chi connectivity index (χ0n) is 11.5. The largest absolute Gasteiger partial charge is 0.326 e. The van der Waals surface area contributed by atoms with Crippen molar-refractivity contribution in [3.05, 3.63) is 59.7 Å². The van der Waals surface area contributed by atoms with Gasteiger partial charge in [0, 0.05) is 25.0 Å². The lowest BCUT2D eigenvalue weighted by molar-refractivity contribution is 0.546. The summed E-state index contributed by atoms with van der Waals surface area (Å²) in [5.74, 6) is -0.804. The minimum absolute atomic E-state index is 0.142. The summed E-state index contributed by atoms with van der Waals surface area (Å²) in [6.07, 6.45) is 3.13. The molecule has 0 saturated carbocycles. The van der Waals surface area contributed by atoms with Crippen molar-refractivity contribution in [2.45, 2.75) is 24.4 Å². The van der Waals surface area contributed by atoms with E-state index < -0.39 is 26.8 Å². The van der Waals surface area contributed by atoms with Crippen molar-refractivity contribution in [3.63, 3.8) is 0 Å². The van der Waals surface area contributed by atoms with Crippen LogP contribution >= 0.6 is 0 Å². The first-order chi connectivity index (χ1) is 9.94. The molecule has 0 amide bonds. The molecule has 3 N–H and O–H groups in total. The van der Waals surface area contributed by atoms with Crippen LogP contribution in [0.1, 0.15) is 24.1 Å². The van der Waals surface area contributed by atoms with Crippen LogP contribution in [-0.4, -0.2) is 13.4 Å². The third-order valence-corrected chi connectivity index (χ3v) is 4.61. The van der Waals surface area contributed by atoms with Gasteiger partial charge in [-0.2, -0.15) is 0 Å². The van der Waals surface area contributed by atoms with E-state index in [-0.39, 0.29) is 6.54 Å². The maximum atomic E-state index is 13.8. The van der Waals surface area contributed by atoms with Gasteiger partial charge in [-0.15, -0.1) is 0 Å². The first-order valence-electron chi connectivity index (χ1n) is 6.35. The van der Waals surface area contributed by atoms with Gasteiger partial charge in [0.2, 0.25) is 10.0 Å². The monoisotopic (exact) mass is 309 g/mol. The minimum atomic E-state index is -3.97. The second kappa shape index (κ2) is 6.30. The number of aromatic nitrogens is 1. The summed E-state index contributed by atoms with van der Waals surface area (Å²) in [4.78, 5) is 3.47. The second-order valence-electron chi connectivity index (χ2n) is 4.59. The topological polar surface area (TPSA) is 85.1 Å². The summed E-state index contributed by atoms with van der Waals surface area (Å²) in [5.41, 5.74) is 6.75. The summed E-state index contributed by atoms with van der Waals surface area (Å²) in [6.45, 7) is 1.82. The summed E-state index contributed by atoms with van der Waals surface area (Å²) >= 11 is 0. The molecular weight excluding hydrogens is 293 g/mol. The Bertz CT molecular complexity index is 720. The highest BCUT2D eigenvalue weighted by molar-refractivity contribution is 7.89. The van der Waals surface area contributed by atoms with Gasteiger partial charge in [-0.1, -0.05) is 6.07 Å². The van der Waals surface area contributed by atoms with Crippen LogP contribution in [0.4, 0.5) is 4.39 Å². The molecule has 0 saturated heterocycles. The fraction of sp³-hybridized carbons (Fsp3) is 0.214. The van der Waals surface area contributed by atoms with Gasteiger partial charge in [-0.25, -0.2) is 17.5 Å². The standard InChI is InChI=1S/C14H16FN3O2S/c1-10(12-4-6-17-7-5-12)18-21(19,20)14-8-11(9-16)2-3-13(14)15/h2-8,10,18H,9,16H2,1H3. The molecule has 5 nitrogen and oxygen atoms in total. The molecule has 0 aliphatic rings. The zero-order valence-corrected chi connectivity index (χ0v) is 12.3. The van der Waals surface area contributed by atoms with Crippen molar-refractivity contribution in [1.82, 2.24) is 9.71 Å². The molecule has 1 atom stereocenters. The van der Waals surface area contributed by atoms with E-state index in [1.54, 1.807) is 31.5 Å². The minimum Gasteiger partial charge on any atom is -0.326 e. The number of nitrogens with zero attached hydrogens (tertiary/aromatic N) is 1. The molecule has 7 heteroatoms. The van der Waals surface area contributed by atoms with Gasteiger partial charge in [-0.3, -0.25) is 4.98 Å². The molecule has 1 unspecified atom stereocenters. The number of rotatable bonds is 5. The van der Waals surface area contributed by atoms with Crippen LogP contribution in [0.2, 0.25) is 0 Å². The Morgan fingerprint density at radius 3 is 2.57 bits per heavy atom. The van der Waals surface area contributed by atoms with Crippen molar-refractivity contribution in [2.75, 3.05) is 0 Å². The lowest BCUT2D eigenvalue weighted by atomic mass is 10.1. The second-order valence-corrected chi connectivity index (χ2v) is 6.27. The van der Waals surface area contributed by atoms with Crippen LogP contribution in [-0.2, 0) is 16.6 Å². The van der Waals surface area contributed by atoms with Crippen LogP contribution in [0.5, 0.6) is 0 Å². The normalized spacial score (nSPS) is 13.1. The maximum absolute atomic E-state index is 13.8. The average molecular weight is 309 g/mol. The predicted octanol–water partition coefficient (Wildman–Crippen LogP) is 1.72. The summed E-state index contributed by atoms with van der Waals surface area (Å²) in [5, 5.41) is 0. The molecule has 0 fully saturated rings. The summed E-state index contributed by atoms with van der Waals surface area (Å²) in [6, 6.07) is 6.70. The molecule has 1 aromatic carbocycles. The van der Waals surface area contributed by atoms with Crippen molar-refractivity contribution in [2.24, 2.45) is 5.73 Å². The Kier molecular flexibility index (Phi) is 4.66. The van der Waals surface area contributed by atoms with Crippen molar-refractivity contribution < 1.29 is 12.8 Å². The number of hydrogen-bond acceptors (Lipinski definition) is 4. The number of halogens is 1. The maximum Gasteiger partial charge on any atom is 0.244 e. The van der Waals surface area contributed by atoms with Crippen molar-refractivity contribution >= 4 is 10.0 Å². The summed E-state index contributed by atoms with van der Waals surface area (Å²) < 4.78 is 40.8. The fourth-order valence-corrected chi connectivity index (χ4v) is 3.26. The number of sulfonamides is 1. The molecule has 0 bridgehead atoms. The van der Waals surface area contributed by atoms with Gasteiger partial charge in [0.05, 0.1) is 0 Å². The quantitative estimate of drug-likeness (QED) is 0.880. The summed E-state index contributed by atoms with van der Waals surface area (Å²) in [7, 11) is -3.97. The number of benzene rings is 1. The lowest BCUT2D eigenvalue weighted by Gasteiger charge is -2.15. The third kappa shape index (κ3) is 3.63. The molecule has 0 aliphatic heterocycles. The Morgan fingerprint density at radius 2 is 1.95 bits per heavy atom. The Labute approximate surface area is 123 Å². The van der Waals surface area contributed by atoms with E-state index >= 15 is 0 Å². The predicted molar refractivity (Wildman–Crippen MR) is 77.3 cm³/mol. The van der Waals surface area contributed by atoms with Crippen LogP contribution < -0.4 is 10.5 Å². The lowest BCUT2D eigenvalue weighted by Crippen LogP contribution is -2.27. The Morgan fingerprint density at radius 1 is 1.29 bits per heavy atom. The number of nitrogens with one attached hydrogen (secondary N) is 1. The number of pyridine rings is 1. The van der Waals surface area contributed by atoms with Gasteiger partial charge in [0.15, 0.2) is 0 Å². The number of hydrogen-bond donors (Lipinski definition) is 2. The third-order valence-electron chi connectivity index (χ3n) is 3.06. The van der Waals surface area contributed by atoms with Crippen LogP contribution in [0.3, 0.4) is 0 Å². The first kappa shape index (κ1) is 15.6. The highest BCUT2D eigenvalue weighted by atomic mass is 32.2. The smallest absolute Gasteiger partial charge is 0.244 e. The first-order valence-corrected chi connectivity index (χ1v) is 7.83. The number of nitrogens with two attached hydrogens (primary N) is 1. The van der Waals surface area contributed by atoms with E-state index in [0.29, 0.717) is 5.56 Å². The molecule has 1 heterocycles. The Hall–Kier alpha value is -1.83. The highest BCUT2D eigenvalue weighted by Gasteiger charge is 2.22. The van der Waals surface area contributed by atoms with E-state index in [4.69, 9.17) is 5.73 Å². The van der Waals surface area contributed by atoms with E-state index in [0.717, 1.165) is 11.6 Å². The van der Waals surface area contributed by atoms with Crippen molar-refractivity contribution in [3.8, 4) is 0 Å². The SMILES string of the molecule is CC(NS(=O)(=O)c1cc(CN)ccc1F)c1ccncc1.